The number of benzene rings is 1. The fraction of sp³-hybridized carbons (Fsp3) is 0.533. The Morgan fingerprint density at radius 1 is 1.21 bits per heavy atom. The van der Waals surface area contributed by atoms with Gasteiger partial charge in [0.15, 0.2) is 0 Å². The molecule has 0 spiro atoms. The molecule has 0 saturated heterocycles. The molecule has 4 heteroatoms. The Balaban J connectivity index is 2.74. The molecule has 19 heavy (non-hydrogen) atoms. The lowest BCUT2D eigenvalue weighted by atomic mass is 10.1. The number of aliphatic hydroxyl groups excluding tert-OH is 1. The molecule has 0 saturated carbocycles. The third-order valence-corrected chi connectivity index (χ3v) is 2.93. The van der Waals surface area contributed by atoms with Crippen LogP contribution in [0.3, 0.4) is 0 Å². The van der Waals surface area contributed by atoms with Gasteiger partial charge in [0.2, 0.25) is 0 Å². The van der Waals surface area contributed by atoms with Gasteiger partial charge in [-0.2, -0.15) is 0 Å². The Morgan fingerprint density at radius 2 is 1.95 bits per heavy atom. The minimum atomic E-state index is -0.139. The van der Waals surface area contributed by atoms with E-state index in [1.807, 2.05) is 31.2 Å². The lowest BCUT2D eigenvalue weighted by Crippen LogP contribution is -2.37. The molecule has 1 aromatic rings. The summed E-state index contributed by atoms with van der Waals surface area (Å²) in [6.45, 7) is 5.15. The van der Waals surface area contributed by atoms with Crippen LogP contribution in [-0.4, -0.2) is 35.7 Å². The highest BCUT2D eigenvalue weighted by Crippen LogP contribution is 2.17. The smallest absolute Gasteiger partial charge is 0.321 e. The summed E-state index contributed by atoms with van der Waals surface area (Å²) in [7, 11) is 0. The fourth-order valence-corrected chi connectivity index (χ4v) is 2.03. The van der Waals surface area contributed by atoms with Gasteiger partial charge in [-0.15, -0.1) is 0 Å². The second-order valence-corrected chi connectivity index (χ2v) is 4.55. The van der Waals surface area contributed by atoms with Gasteiger partial charge in [-0.25, -0.2) is 4.79 Å². The summed E-state index contributed by atoms with van der Waals surface area (Å²) < 4.78 is 0. The number of aliphatic hydroxyl groups is 1. The second kappa shape index (κ2) is 8.53. The Hall–Kier alpha value is -1.55. The van der Waals surface area contributed by atoms with Crippen molar-refractivity contribution in [3.8, 4) is 0 Å². The number of para-hydroxylation sites is 1. The van der Waals surface area contributed by atoms with Crippen LogP contribution in [0, 0.1) is 0 Å². The average molecular weight is 264 g/mol. The van der Waals surface area contributed by atoms with Crippen molar-refractivity contribution in [1.29, 1.82) is 0 Å². The van der Waals surface area contributed by atoms with Crippen LogP contribution in [0.15, 0.2) is 24.3 Å². The first-order chi connectivity index (χ1) is 9.22. The summed E-state index contributed by atoms with van der Waals surface area (Å²) in [5, 5.41) is 11.9. The van der Waals surface area contributed by atoms with Crippen molar-refractivity contribution in [1.82, 2.24) is 4.90 Å². The lowest BCUT2D eigenvalue weighted by molar-refractivity contribution is 0.188. The molecule has 1 rings (SSSR count). The van der Waals surface area contributed by atoms with Gasteiger partial charge in [0.25, 0.3) is 0 Å². The van der Waals surface area contributed by atoms with Gasteiger partial charge >= 0.3 is 6.03 Å². The SMILES string of the molecule is CCCc1ccccc1NC(=O)N(CCC)CCO. The van der Waals surface area contributed by atoms with Crippen LogP contribution in [-0.2, 0) is 6.42 Å². The molecule has 2 N–H and O–H groups in total. The Kier molecular flexibility index (Phi) is 6.97. The van der Waals surface area contributed by atoms with Crippen LogP contribution in [0.1, 0.15) is 32.3 Å². The fourth-order valence-electron chi connectivity index (χ4n) is 2.03. The molecule has 0 bridgehead atoms. The highest BCUT2D eigenvalue weighted by molar-refractivity contribution is 5.90. The molecular weight excluding hydrogens is 240 g/mol. The predicted octanol–water partition coefficient (Wildman–Crippen LogP) is 2.88. The molecule has 1 aromatic carbocycles. The van der Waals surface area contributed by atoms with Crippen molar-refractivity contribution in [3.05, 3.63) is 29.8 Å². The first-order valence-corrected chi connectivity index (χ1v) is 6.97. The zero-order chi connectivity index (χ0) is 14.1. The van der Waals surface area contributed by atoms with Crippen molar-refractivity contribution < 1.29 is 9.90 Å². The largest absolute Gasteiger partial charge is 0.395 e. The summed E-state index contributed by atoms with van der Waals surface area (Å²) in [5.74, 6) is 0. The van der Waals surface area contributed by atoms with E-state index in [9.17, 15) is 4.79 Å². The molecule has 0 atom stereocenters. The van der Waals surface area contributed by atoms with E-state index in [4.69, 9.17) is 5.11 Å². The Labute approximate surface area is 115 Å². The Bertz CT molecular complexity index is 387. The number of carbonyl (C=O) groups excluding carboxylic acids is 1. The number of nitrogens with one attached hydrogen (secondary N) is 1. The minimum absolute atomic E-state index is 0.00989. The number of rotatable bonds is 7. The number of aryl methyl sites for hydroxylation is 1. The number of hydrogen-bond acceptors (Lipinski definition) is 2. The molecule has 0 fully saturated rings. The zero-order valence-corrected chi connectivity index (χ0v) is 11.9. The summed E-state index contributed by atoms with van der Waals surface area (Å²) in [5.41, 5.74) is 2.02. The van der Waals surface area contributed by atoms with Crippen LogP contribution in [0.5, 0.6) is 0 Å². The molecule has 2 amide bonds. The average Bonchev–Trinajstić information content (AvgIpc) is 2.41. The number of anilines is 1. The van der Waals surface area contributed by atoms with E-state index >= 15 is 0 Å². The maximum atomic E-state index is 12.2. The number of urea groups is 1. The molecule has 106 valence electrons. The molecule has 0 unspecified atom stereocenters. The van der Waals surface area contributed by atoms with Gasteiger partial charge < -0.3 is 15.3 Å². The first kappa shape index (κ1) is 15.5. The summed E-state index contributed by atoms with van der Waals surface area (Å²) in [4.78, 5) is 13.8. The highest BCUT2D eigenvalue weighted by Gasteiger charge is 2.13. The van der Waals surface area contributed by atoms with E-state index in [0.29, 0.717) is 13.1 Å². The van der Waals surface area contributed by atoms with Gasteiger partial charge in [0.05, 0.1) is 6.61 Å². The Morgan fingerprint density at radius 3 is 2.58 bits per heavy atom. The van der Waals surface area contributed by atoms with Gasteiger partial charge in [0, 0.05) is 18.8 Å². The number of amides is 2. The molecule has 0 radical (unpaired) electrons. The van der Waals surface area contributed by atoms with E-state index < -0.39 is 0 Å². The first-order valence-electron chi connectivity index (χ1n) is 6.97. The molecule has 4 nitrogen and oxygen atoms in total. The maximum absolute atomic E-state index is 12.2. The molecule has 0 aliphatic rings. The third-order valence-electron chi connectivity index (χ3n) is 2.93. The van der Waals surface area contributed by atoms with Crippen LogP contribution in [0.2, 0.25) is 0 Å². The standard InChI is InChI=1S/C15H24N2O2/c1-3-7-13-8-5-6-9-14(13)16-15(19)17(10-4-2)11-12-18/h5-6,8-9,18H,3-4,7,10-12H2,1-2H3,(H,16,19). The third kappa shape index (κ3) is 4.91. The number of nitrogens with zero attached hydrogens (tertiary/aromatic N) is 1. The number of hydrogen-bond donors (Lipinski definition) is 2. The minimum Gasteiger partial charge on any atom is -0.395 e. The predicted molar refractivity (Wildman–Crippen MR) is 78.4 cm³/mol. The molecular formula is C15H24N2O2. The van der Waals surface area contributed by atoms with Crippen molar-refractivity contribution in [2.75, 3.05) is 25.0 Å². The van der Waals surface area contributed by atoms with Crippen LogP contribution in [0.4, 0.5) is 10.5 Å². The molecule has 0 aliphatic carbocycles. The van der Waals surface area contributed by atoms with Gasteiger partial charge in [-0.05, 0) is 24.5 Å². The lowest BCUT2D eigenvalue weighted by Gasteiger charge is -2.22. The highest BCUT2D eigenvalue weighted by atomic mass is 16.3. The second-order valence-electron chi connectivity index (χ2n) is 4.55. The number of carbonyl (C=O) groups is 1. The van der Waals surface area contributed by atoms with Gasteiger partial charge in [-0.3, -0.25) is 0 Å². The molecule has 0 aliphatic heterocycles. The molecule has 0 heterocycles. The van der Waals surface area contributed by atoms with E-state index in [0.717, 1.165) is 30.5 Å². The van der Waals surface area contributed by atoms with E-state index in [2.05, 4.69) is 12.2 Å². The summed E-state index contributed by atoms with van der Waals surface area (Å²) >= 11 is 0. The van der Waals surface area contributed by atoms with Crippen LogP contribution >= 0.6 is 0 Å². The van der Waals surface area contributed by atoms with Gasteiger partial charge in [0.1, 0.15) is 0 Å². The van der Waals surface area contributed by atoms with Crippen LogP contribution in [0.25, 0.3) is 0 Å². The summed E-state index contributed by atoms with van der Waals surface area (Å²) in [6, 6.07) is 7.73. The van der Waals surface area contributed by atoms with E-state index in [1.165, 1.54) is 0 Å². The van der Waals surface area contributed by atoms with Crippen molar-refractivity contribution >= 4 is 11.7 Å². The normalized spacial score (nSPS) is 10.3. The van der Waals surface area contributed by atoms with Gasteiger partial charge in [-0.1, -0.05) is 38.5 Å². The van der Waals surface area contributed by atoms with Crippen molar-refractivity contribution in [3.63, 3.8) is 0 Å². The zero-order valence-electron chi connectivity index (χ0n) is 11.9. The van der Waals surface area contributed by atoms with Crippen LogP contribution < -0.4 is 5.32 Å². The van der Waals surface area contributed by atoms with Crippen molar-refractivity contribution in [2.45, 2.75) is 33.1 Å². The van der Waals surface area contributed by atoms with Crippen molar-refractivity contribution in [2.24, 2.45) is 0 Å². The molecule has 0 aromatic heterocycles. The topological polar surface area (TPSA) is 52.6 Å². The van der Waals surface area contributed by atoms with E-state index in [1.54, 1.807) is 4.90 Å². The maximum Gasteiger partial charge on any atom is 0.321 e. The van der Waals surface area contributed by atoms with E-state index in [-0.39, 0.29) is 12.6 Å². The summed E-state index contributed by atoms with van der Waals surface area (Å²) in [6.07, 6.45) is 2.87. The monoisotopic (exact) mass is 264 g/mol. The quantitative estimate of drug-likeness (QED) is 0.795.